The molecule has 0 saturated heterocycles. The van der Waals surface area contributed by atoms with Gasteiger partial charge in [-0.25, -0.2) is 0 Å². The van der Waals surface area contributed by atoms with Crippen LogP contribution in [-0.4, -0.2) is 44.3 Å². The third kappa shape index (κ3) is 5.23. The Morgan fingerprint density at radius 2 is 1.59 bits per heavy atom. The molecule has 0 aliphatic rings. The van der Waals surface area contributed by atoms with E-state index < -0.39 is 0 Å². The number of methoxy groups -OCH3 is 4. The highest BCUT2D eigenvalue weighted by Gasteiger charge is 2.14. The summed E-state index contributed by atoms with van der Waals surface area (Å²) in [5.74, 6) is 1.58. The number of aromatic nitrogens is 1. The zero-order valence-electron chi connectivity index (χ0n) is 21.0. The largest absolute Gasteiger partial charge is 0.503 e. The van der Waals surface area contributed by atoms with E-state index in [2.05, 4.69) is 10.3 Å². The number of phenols is 1. The number of carbonyl (C=O) groups is 1. The summed E-state index contributed by atoms with van der Waals surface area (Å²) in [6.07, 6.45) is 8.26. The Morgan fingerprint density at radius 3 is 2.27 bits per heavy atom. The topological polar surface area (TPSA) is 102 Å². The molecule has 0 fully saturated rings. The molecule has 3 aromatic carbocycles. The molecule has 4 rings (SSSR count). The zero-order chi connectivity index (χ0) is 26.4. The lowest BCUT2D eigenvalue weighted by Crippen LogP contribution is -1.98. The molecule has 37 heavy (non-hydrogen) atoms. The molecule has 4 aromatic rings. The number of rotatable bonds is 10. The molecule has 1 heterocycles. The minimum atomic E-state index is -0.179. The number of allylic oxidation sites excluding steroid dienone is 1. The van der Waals surface area contributed by atoms with Gasteiger partial charge in [-0.1, -0.05) is 30.4 Å². The summed E-state index contributed by atoms with van der Waals surface area (Å²) in [4.78, 5) is 15.9. The van der Waals surface area contributed by atoms with Gasteiger partial charge < -0.3 is 34.4 Å². The van der Waals surface area contributed by atoms with E-state index in [-0.39, 0.29) is 11.5 Å². The zero-order valence-corrected chi connectivity index (χ0v) is 21.0. The number of aromatic amines is 1. The average Bonchev–Trinajstić information content (AvgIpc) is 3.36. The van der Waals surface area contributed by atoms with Crippen LogP contribution in [-0.2, 0) is 0 Å². The Morgan fingerprint density at radius 1 is 0.892 bits per heavy atom. The Balaban J connectivity index is 1.63. The van der Waals surface area contributed by atoms with E-state index in [0.717, 1.165) is 16.5 Å². The fraction of sp³-hybridized carbons (Fsp3) is 0.138. The van der Waals surface area contributed by atoms with Crippen molar-refractivity contribution in [3.63, 3.8) is 0 Å². The first-order valence-corrected chi connectivity index (χ1v) is 11.4. The van der Waals surface area contributed by atoms with Gasteiger partial charge in [-0.05, 0) is 35.9 Å². The van der Waals surface area contributed by atoms with Crippen molar-refractivity contribution in [2.45, 2.75) is 0 Å². The number of para-hydroxylation sites is 1. The molecule has 0 amide bonds. The van der Waals surface area contributed by atoms with E-state index in [4.69, 9.17) is 18.9 Å². The lowest BCUT2D eigenvalue weighted by Gasteiger charge is -2.13. The van der Waals surface area contributed by atoms with Crippen molar-refractivity contribution in [3.05, 3.63) is 83.7 Å². The molecular weight excluding hydrogens is 472 g/mol. The molecule has 190 valence electrons. The highest BCUT2D eigenvalue weighted by molar-refractivity contribution is 6.13. The van der Waals surface area contributed by atoms with Crippen molar-refractivity contribution in [2.24, 2.45) is 0 Å². The predicted octanol–water partition coefficient (Wildman–Crippen LogP) is 5.89. The van der Waals surface area contributed by atoms with Gasteiger partial charge >= 0.3 is 0 Å². The second-order valence-corrected chi connectivity index (χ2v) is 7.96. The highest BCUT2D eigenvalue weighted by Crippen LogP contribution is 2.40. The summed E-state index contributed by atoms with van der Waals surface area (Å²) in [5, 5.41) is 14.7. The first-order chi connectivity index (χ1) is 18.0. The van der Waals surface area contributed by atoms with E-state index >= 15 is 0 Å². The van der Waals surface area contributed by atoms with E-state index in [9.17, 15) is 9.90 Å². The van der Waals surface area contributed by atoms with Crippen LogP contribution < -0.4 is 24.3 Å². The van der Waals surface area contributed by atoms with Crippen LogP contribution in [0.3, 0.4) is 0 Å². The number of phenolic OH excluding ortho intramolecular Hbond substituents is 1. The number of nitrogens with one attached hydrogen (secondary N) is 2. The molecule has 0 unspecified atom stereocenters. The monoisotopic (exact) mass is 500 g/mol. The molecule has 0 atom stereocenters. The van der Waals surface area contributed by atoms with Crippen molar-refractivity contribution in [1.82, 2.24) is 4.98 Å². The molecule has 0 aliphatic carbocycles. The lowest BCUT2D eigenvalue weighted by atomic mass is 10.1. The molecule has 0 aliphatic heterocycles. The second kappa shape index (κ2) is 11.3. The normalized spacial score (nSPS) is 11.2. The molecule has 0 spiro atoms. The first-order valence-electron chi connectivity index (χ1n) is 11.4. The Kier molecular flexibility index (Phi) is 7.68. The molecule has 8 nitrogen and oxygen atoms in total. The average molecular weight is 501 g/mol. The Bertz CT molecular complexity index is 1460. The van der Waals surface area contributed by atoms with Crippen molar-refractivity contribution in [3.8, 4) is 28.7 Å². The van der Waals surface area contributed by atoms with Crippen LogP contribution in [0.1, 0.15) is 21.5 Å². The van der Waals surface area contributed by atoms with Crippen molar-refractivity contribution < 1.29 is 28.8 Å². The number of anilines is 1. The van der Waals surface area contributed by atoms with Crippen LogP contribution in [0.5, 0.6) is 28.7 Å². The predicted molar refractivity (Wildman–Crippen MR) is 145 cm³/mol. The van der Waals surface area contributed by atoms with Gasteiger partial charge in [-0.15, -0.1) is 0 Å². The van der Waals surface area contributed by atoms with E-state index in [1.165, 1.54) is 19.4 Å². The van der Waals surface area contributed by atoms with Crippen LogP contribution in [0.2, 0.25) is 0 Å². The number of aromatic hydroxyl groups is 1. The van der Waals surface area contributed by atoms with Crippen molar-refractivity contribution in [2.75, 3.05) is 33.8 Å². The SMILES string of the molecule is COc1ccc(C=Cc2cc(OC)c(OC)c(OC)c2)c(N/C=C\C(=O)c2c[nH]c3ccccc23)c1O. The number of benzene rings is 3. The van der Waals surface area contributed by atoms with E-state index in [1.54, 1.807) is 39.7 Å². The molecule has 1 aromatic heterocycles. The summed E-state index contributed by atoms with van der Waals surface area (Å²) >= 11 is 0. The minimum absolute atomic E-state index is 0.0845. The van der Waals surface area contributed by atoms with E-state index in [0.29, 0.717) is 39.8 Å². The maximum Gasteiger partial charge on any atom is 0.203 e. The Hall–Kier alpha value is -4.85. The second-order valence-electron chi connectivity index (χ2n) is 7.96. The van der Waals surface area contributed by atoms with Crippen LogP contribution in [0.15, 0.2) is 67.0 Å². The van der Waals surface area contributed by atoms with Gasteiger partial charge in [0.1, 0.15) is 0 Å². The van der Waals surface area contributed by atoms with Gasteiger partial charge in [-0.3, -0.25) is 4.79 Å². The van der Waals surface area contributed by atoms with Gasteiger partial charge in [0.05, 0.1) is 34.1 Å². The van der Waals surface area contributed by atoms with Gasteiger partial charge in [-0.2, -0.15) is 0 Å². The molecular formula is C29H28N2O6. The van der Waals surface area contributed by atoms with Gasteiger partial charge in [0.25, 0.3) is 0 Å². The smallest absolute Gasteiger partial charge is 0.203 e. The van der Waals surface area contributed by atoms with Gasteiger partial charge in [0.2, 0.25) is 5.75 Å². The third-order valence-electron chi connectivity index (χ3n) is 5.85. The van der Waals surface area contributed by atoms with Crippen LogP contribution in [0.4, 0.5) is 5.69 Å². The lowest BCUT2D eigenvalue weighted by molar-refractivity contribution is 0.104. The maximum absolute atomic E-state index is 12.8. The number of fused-ring (bicyclic) bond motifs is 1. The number of hydrogen-bond donors (Lipinski definition) is 3. The standard InChI is InChI=1S/C29H28N2O6/c1-34-24-12-11-19(10-9-18-15-25(35-2)29(37-4)26(16-18)36-3)27(28(24)33)30-14-13-23(32)21-17-31-22-8-6-5-7-20(21)22/h5-17,30-31,33H,1-4H3/b10-9?,14-13-. The molecule has 8 heteroatoms. The first kappa shape index (κ1) is 25.2. The van der Waals surface area contributed by atoms with Gasteiger partial charge in [0.15, 0.2) is 28.8 Å². The Labute approximate surface area is 214 Å². The molecule has 0 bridgehead atoms. The summed E-state index contributed by atoms with van der Waals surface area (Å²) in [6.45, 7) is 0. The number of H-pyrrole nitrogens is 1. The number of carbonyl (C=O) groups excluding carboxylic acids is 1. The van der Waals surface area contributed by atoms with Crippen LogP contribution in [0.25, 0.3) is 23.1 Å². The fourth-order valence-corrected chi connectivity index (χ4v) is 3.99. The summed E-state index contributed by atoms with van der Waals surface area (Å²) in [6, 6.07) is 14.7. The van der Waals surface area contributed by atoms with Crippen LogP contribution >= 0.6 is 0 Å². The minimum Gasteiger partial charge on any atom is -0.503 e. The number of ether oxygens (including phenoxy) is 4. The maximum atomic E-state index is 12.8. The van der Waals surface area contributed by atoms with Crippen molar-refractivity contribution in [1.29, 1.82) is 0 Å². The fourth-order valence-electron chi connectivity index (χ4n) is 3.99. The summed E-state index contributed by atoms with van der Waals surface area (Å²) in [7, 11) is 6.13. The quantitative estimate of drug-likeness (QED) is 0.108. The third-order valence-corrected chi connectivity index (χ3v) is 5.85. The van der Waals surface area contributed by atoms with Crippen molar-refractivity contribution >= 4 is 34.5 Å². The number of ketones is 1. The van der Waals surface area contributed by atoms with Crippen LogP contribution in [0, 0.1) is 0 Å². The molecule has 0 radical (unpaired) electrons. The summed E-state index contributed by atoms with van der Waals surface area (Å²) in [5.41, 5.74) is 3.28. The highest BCUT2D eigenvalue weighted by atomic mass is 16.5. The van der Waals surface area contributed by atoms with Gasteiger partial charge in [0, 0.05) is 40.5 Å². The number of hydrogen-bond acceptors (Lipinski definition) is 7. The van der Waals surface area contributed by atoms with E-state index in [1.807, 2.05) is 48.6 Å². The molecule has 3 N–H and O–H groups in total. The summed E-state index contributed by atoms with van der Waals surface area (Å²) < 4.78 is 21.5. The molecule has 0 saturated carbocycles.